The molecule has 116 valence electrons. The van der Waals surface area contributed by atoms with Gasteiger partial charge in [-0.1, -0.05) is 13.8 Å². The maximum absolute atomic E-state index is 13.5. The van der Waals surface area contributed by atoms with Gasteiger partial charge in [0.15, 0.2) is 0 Å². The molecule has 1 N–H and O–H groups in total. The zero-order valence-corrected chi connectivity index (χ0v) is 13.0. The van der Waals surface area contributed by atoms with Crippen molar-refractivity contribution >= 4 is 11.7 Å². The van der Waals surface area contributed by atoms with Gasteiger partial charge in [0.05, 0.1) is 11.8 Å². The van der Waals surface area contributed by atoms with Crippen molar-refractivity contribution in [1.29, 1.82) is 0 Å². The molecule has 0 saturated carbocycles. The molecule has 1 aliphatic heterocycles. The van der Waals surface area contributed by atoms with Crippen molar-refractivity contribution in [2.24, 2.45) is 5.92 Å². The number of carbonyl (C=O) groups is 1. The molecule has 2 unspecified atom stereocenters. The molecule has 0 radical (unpaired) electrons. The summed E-state index contributed by atoms with van der Waals surface area (Å²) in [6, 6.07) is 1.47. The number of hydrogen-bond donors (Lipinski definition) is 1. The average molecular weight is 293 g/mol. The third-order valence-corrected chi connectivity index (χ3v) is 4.03. The number of hydrogen-bond acceptors (Lipinski definition) is 3. The van der Waals surface area contributed by atoms with Crippen LogP contribution in [0.4, 0.5) is 10.2 Å². The maximum Gasteiger partial charge on any atom is 0.257 e. The van der Waals surface area contributed by atoms with Gasteiger partial charge in [0.2, 0.25) is 0 Å². The van der Waals surface area contributed by atoms with E-state index in [1.165, 1.54) is 6.07 Å². The molecule has 0 aromatic carbocycles. The first-order valence-electron chi connectivity index (χ1n) is 7.73. The van der Waals surface area contributed by atoms with Gasteiger partial charge in [-0.15, -0.1) is 0 Å². The van der Waals surface area contributed by atoms with Crippen LogP contribution in [0.25, 0.3) is 0 Å². The SMILES string of the molecule is CCCNc1ncc(F)cc1C(=O)N1CCC(C)CC1C. The molecule has 0 bridgehead atoms. The number of nitrogens with one attached hydrogen (secondary N) is 1. The zero-order chi connectivity index (χ0) is 15.4. The Labute approximate surface area is 125 Å². The van der Waals surface area contributed by atoms with Gasteiger partial charge in [-0.25, -0.2) is 9.37 Å². The molecule has 5 heteroatoms. The Morgan fingerprint density at radius 3 is 2.95 bits per heavy atom. The molecule has 1 saturated heterocycles. The first-order chi connectivity index (χ1) is 10.0. The second-order valence-electron chi connectivity index (χ2n) is 5.95. The number of anilines is 1. The highest BCUT2D eigenvalue weighted by Crippen LogP contribution is 2.25. The Morgan fingerprint density at radius 2 is 2.29 bits per heavy atom. The largest absolute Gasteiger partial charge is 0.369 e. The molecule has 2 rings (SSSR count). The quantitative estimate of drug-likeness (QED) is 0.926. The van der Waals surface area contributed by atoms with Crippen molar-refractivity contribution in [3.63, 3.8) is 0 Å². The molecule has 1 aromatic rings. The first-order valence-corrected chi connectivity index (χ1v) is 7.73. The molecule has 1 aliphatic rings. The minimum absolute atomic E-state index is 0.125. The number of carbonyl (C=O) groups excluding carboxylic acids is 1. The van der Waals surface area contributed by atoms with Crippen LogP contribution in [-0.2, 0) is 0 Å². The monoisotopic (exact) mass is 293 g/mol. The van der Waals surface area contributed by atoms with E-state index in [4.69, 9.17) is 0 Å². The van der Waals surface area contributed by atoms with Crippen LogP contribution >= 0.6 is 0 Å². The van der Waals surface area contributed by atoms with Crippen molar-refractivity contribution in [3.05, 3.63) is 23.6 Å². The summed E-state index contributed by atoms with van der Waals surface area (Å²) < 4.78 is 13.5. The van der Waals surface area contributed by atoms with Crippen molar-refractivity contribution in [3.8, 4) is 0 Å². The molecule has 4 nitrogen and oxygen atoms in total. The number of pyridine rings is 1. The molecule has 2 atom stereocenters. The molecule has 21 heavy (non-hydrogen) atoms. The predicted molar refractivity (Wildman–Crippen MR) is 81.9 cm³/mol. The lowest BCUT2D eigenvalue weighted by atomic mass is 9.93. The van der Waals surface area contributed by atoms with Crippen LogP contribution < -0.4 is 5.32 Å². The Morgan fingerprint density at radius 1 is 1.52 bits per heavy atom. The number of aromatic nitrogens is 1. The van der Waals surface area contributed by atoms with E-state index in [1.54, 1.807) is 0 Å². The summed E-state index contributed by atoms with van der Waals surface area (Å²) in [6.45, 7) is 7.73. The molecule has 1 fully saturated rings. The number of amides is 1. The molecular weight excluding hydrogens is 269 g/mol. The number of rotatable bonds is 4. The highest BCUT2D eigenvalue weighted by Gasteiger charge is 2.29. The van der Waals surface area contributed by atoms with Crippen LogP contribution in [-0.4, -0.2) is 34.9 Å². The first kappa shape index (κ1) is 15.7. The van der Waals surface area contributed by atoms with Crippen LogP contribution in [0.2, 0.25) is 0 Å². The van der Waals surface area contributed by atoms with E-state index in [9.17, 15) is 9.18 Å². The fraction of sp³-hybridized carbons (Fsp3) is 0.625. The lowest BCUT2D eigenvalue weighted by Gasteiger charge is -2.36. The van der Waals surface area contributed by atoms with E-state index in [2.05, 4.69) is 24.1 Å². The fourth-order valence-electron chi connectivity index (χ4n) is 2.85. The zero-order valence-electron chi connectivity index (χ0n) is 13.0. The second-order valence-corrected chi connectivity index (χ2v) is 5.95. The third-order valence-electron chi connectivity index (χ3n) is 4.03. The molecule has 0 aliphatic carbocycles. The van der Waals surface area contributed by atoms with Gasteiger partial charge in [-0.3, -0.25) is 4.79 Å². The molecular formula is C16H24FN3O. The van der Waals surface area contributed by atoms with Gasteiger partial charge in [0, 0.05) is 19.1 Å². The van der Waals surface area contributed by atoms with Gasteiger partial charge in [-0.2, -0.15) is 0 Å². The molecule has 1 amide bonds. The van der Waals surface area contributed by atoms with Gasteiger partial charge in [-0.05, 0) is 38.2 Å². The number of piperidine rings is 1. The Hall–Kier alpha value is -1.65. The van der Waals surface area contributed by atoms with E-state index < -0.39 is 5.82 Å². The van der Waals surface area contributed by atoms with Gasteiger partial charge in [0.1, 0.15) is 11.6 Å². The highest BCUT2D eigenvalue weighted by molar-refractivity contribution is 5.99. The van der Waals surface area contributed by atoms with Crippen molar-refractivity contribution in [1.82, 2.24) is 9.88 Å². The number of halogens is 1. The average Bonchev–Trinajstić information content (AvgIpc) is 2.45. The summed E-state index contributed by atoms with van der Waals surface area (Å²) in [5.41, 5.74) is 0.338. The van der Waals surface area contributed by atoms with Crippen molar-refractivity contribution in [2.45, 2.75) is 46.1 Å². The summed E-state index contributed by atoms with van der Waals surface area (Å²) in [5, 5.41) is 3.11. The Balaban J connectivity index is 2.23. The van der Waals surface area contributed by atoms with Crippen LogP contribution in [0.5, 0.6) is 0 Å². The van der Waals surface area contributed by atoms with E-state index in [1.807, 2.05) is 11.8 Å². The summed E-state index contributed by atoms with van der Waals surface area (Å²) >= 11 is 0. The van der Waals surface area contributed by atoms with Crippen molar-refractivity contribution < 1.29 is 9.18 Å². The van der Waals surface area contributed by atoms with Crippen LogP contribution in [0.15, 0.2) is 12.3 Å². The number of likely N-dealkylation sites (tertiary alicyclic amines) is 1. The van der Waals surface area contributed by atoms with Crippen LogP contribution in [0.1, 0.15) is 50.4 Å². The van der Waals surface area contributed by atoms with E-state index >= 15 is 0 Å². The Kier molecular flexibility index (Phi) is 5.15. The van der Waals surface area contributed by atoms with E-state index in [0.717, 1.165) is 32.0 Å². The standard InChI is InChI=1S/C16H24FN3O/c1-4-6-18-15-14(9-13(17)10-19-15)16(21)20-7-5-11(2)8-12(20)3/h9-12H,4-8H2,1-3H3,(H,18,19). The lowest BCUT2D eigenvalue weighted by Crippen LogP contribution is -2.44. The van der Waals surface area contributed by atoms with Crippen LogP contribution in [0.3, 0.4) is 0 Å². The van der Waals surface area contributed by atoms with E-state index in [-0.39, 0.29) is 11.9 Å². The lowest BCUT2D eigenvalue weighted by molar-refractivity contribution is 0.0588. The van der Waals surface area contributed by atoms with Gasteiger partial charge >= 0.3 is 0 Å². The smallest absolute Gasteiger partial charge is 0.257 e. The topological polar surface area (TPSA) is 45.2 Å². The minimum Gasteiger partial charge on any atom is -0.369 e. The predicted octanol–water partition coefficient (Wildman–Crippen LogP) is 3.30. The fourth-order valence-corrected chi connectivity index (χ4v) is 2.85. The molecule has 0 spiro atoms. The number of nitrogens with zero attached hydrogens (tertiary/aromatic N) is 2. The minimum atomic E-state index is -0.474. The van der Waals surface area contributed by atoms with E-state index in [0.29, 0.717) is 23.8 Å². The summed E-state index contributed by atoms with van der Waals surface area (Å²) in [7, 11) is 0. The molecule has 1 aromatic heterocycles. The van der Waals surface area contributed by atoms with Gasteiger partial charge < -0.3 is 10.2 Å². The Bertz CT molecular complexity index is 506. The summed E-state index contributed by atoms with van der Waals surface area (Å²) in [5.74, 6) is 0.514. The summed E-state index contributed by atoms with van der Waals surface area (Å²) in [4.78, 5) is 18.6. The van der Waals surface area contributed by atoms with Crippen LogP contribution in [0, 0.1) is 11.7 Å². The maximum atomic E-state index is 13.5. The third kappa shape index (κ3) is 3.71. The highest BCUT2D eigenvalue weighted by atomic mass is 19.1. The van der Waals surface area contributed by atoms with Gasteiger partial charge in [0.25, 0.3) is 5.91 Å². The van der Waals surface area contributed by atoms with Crippen molar-refractivity contribution in [2.75, 3.05) is 18.4 Å². The summed E-state index contributed by atoms with van der Waals surface area (Å²) in [6.07, 6.45) is 4.06. The second kappa shape index (κ2) is 6.87. The molecule has 2 heterocycles. The normalized spacial score (nSPS) is 22.2.